The van der Waals surface area contributed by atoms with Gasteiger partial charge in [-0.25, -0.2) is 9.47 Å². The Bertz CT molecular complexity index is 867. The minimum atomic E-state index is -1.17. The minimum Gasteiger partial charge on any atom is -0.507 e. The highest BCUT2D eigenvalue weighted by Crippen LogP contribution is 2.20. The lowest BCUT2D eigenvalue weighted by molar-refractivity contribution is 0.0693. The largest absolute Gasteiger partial charge is 0.507 e. The first-order chi connectivity index (χ1) is 12.0. The number of benzene rings is 1. The third kappa shape index (κ3) is 4.74. The Morgan fingerprint density at radius 3 is 2.73 bits per heavy atom. The molecule has 1 saturated carbocycles. The molecule has 1 fully saturated rings. The zero-order valence-electron chi connectivity index (χ0n) is 14.5. The predicted molar refractivity (Wildman–Crippen MR) is 105 cm³/mol. The van der Waals surface area contributed by atoms with Crippen LogP contribution in [0.25, 0.3) is 0 Å². The summed E-state index contributed by atoms with van der Waals surface area (Å²) in [7, 11) is 0. The molecule has 6 nitrogen and oxygen atoms in total. The number of aromatic nitrogens is 1. The maximum atomic E-state index is 11.1. The van der Waals surface area contributed by atoms with Crippen LogP contribution in [0, 0.1) is 6.92 Å². The Balaban J connectivity index is 0.00000243. The van der Waals surface area contributed by atoms with Crippen LogP contribution >= 0.6 is 23.7 Å². The van der Waals surface area contributed by atoms with E-state index >= 15 is 0 Å². The summed E-state index contributed by atoms with van der Waals surface area (Å²) >= 11 is 1.56. The van der Waals surface area contributed by atoms with Crippen LogP contribution < -0.4 is 4.80 Å². The molecule has 1 heterocycles. The molecular weight excluding hydrogens is 374 g/mol. The lowest BCUT2D eigenvalue weighted by Gasteiger charge is -2.16. The summed E-state index contributed by atoms with van der Waals surface area (Å²) in [6.45, 7) is 1.97. The van der Waals surface area contributed by atoms with Crippen LogP contribution in [0.5, 0.6) is 5.75 Å². The van der Waals surface area contributed by atoms with E-state index in [0.29, 0.717) is 11.6 Å². The van der Waals surface area contributed by atoms with Gasteiger partial charge in [0.05, 0.1) is 18.0 Å². The standard InChI is InChI=1S/C18H21N3O3S.ClH/c1-12-11-25-18(20-14-5-3-2-4-6-14)21(12)19-10-13-7-8-16(22)15(9-13)17(23)24;/h7-11,14,22H,2-6H2,1H3,(H,23,24);1H/b19-10+,20-18?;. The molecule has 140 valence electrons. The number of rotatable bonds is 4. The molecule has 1 aliphatic rings. The summed E-state index contributed by atoms with van der Waals surface area (Å²) < 4.78 is 1.78. The number of halogens is 1. The van der Waals surface area contributed by atoms with E-state index in [-0.39, 0.29) is 23.7 Å². The predicted octanol–water partition coefficient (Wildman–Crippen LogP) is 3.80. The molecule has 1 aromatic carbocycles. The van der Waals surface area contributed by atoms with Gasteiger partial charge in [0, 0.05) is 5.38 Å². The molecule has 8 heteroatoms. The van der Waals surface area contributed by atoms with Crippen molar-refractivity contribution >= 4 is 35.9 Å². The lowest BCUT2D eigenvalue weighted by Crippen LogP contribution is -2.19. The van der Waals surface area contributed by atoms with Gasteiger partial charge in [0.1, 0.15) is 11.3 Å². The number of thiazole rings is 1. The van der Waals surface area contributed by atoms with Gasteiger partial charge in [-0.2, -0.15) is 5.10 Å². The summed E-state index contributed by atoms with van der Waals surface area (Å²) in [6, 6.07) is 4.76. The smallest absolute Gasteiger partial charge is 0.339 e. The molecule has 0 amide bonds. The van der Waals surface area contributed by atoms with Crippen LogP contribution in [0.3, 0.4) is 0 Å². The molecule has 0 unspecified atom stereocenters. The van der Waals surface area contributed by atoms with Gasteiger partial charge in [-0.15, -0.1) is 23.7 Å². The van der Waals surface area contributed by atoms with Crippen LogP contribution in [0.1, 0.15) is 53.7 Å². The minimum absolute atomic E-state index is 0. The number of hydrogen-bond donors (Lipinski definition) is 2. The Kier molecular flexibility index (Phi) is 6.99. The first-order valence-electron chi connectivity index (χ1n) is 8.36. The quantitative estimate of drug-likeness (QED) is 0.772. The molecular formula is C18H22ClN3O3S. The number of aromatic carboxylic acids is 1. The second kappa shape index (κ2) is 9.00. The van der Waals surface area contributed by atoms with Crippen molar-refractivity contribution in [1.29, 1.82) is 0 Å². The average molecular weight is 396 g/mol. The lowest BCUT2D eigenvalue weighted by atomic mass is 9.96. The third-order valence-corrected chi connectivity index (χ3v) is 5.24. The van der Waals surface area contributed by atoms with Crippen LogP contribution in [0.4, 0.5) is 0 Å². The highest BCUT2D eigenvalue weighted by Gasteiger charge is 2.13. The molecule has 0 atom stereocenters. The normalized spacial score (nSPS) is 16.0. The van der Waals surface area contributed by atoms with Crippen molar-refractivity contribution in [2.45, 2.75) is 45.1 Å². The number of carbonyl (C=O) groups is 1. The Hall–Kier alpha value is -2.12. The monoisotopic (exact) mass is 395 g/mol. The summed E-state index contributed by atoms with van der Waals surface area (Å²) in [5.74, 6) is -1.42. The van der Waals surface area contributed by atoms with Crippen molar-refractivity contribution in [3.63, 3.8) is 0 Å². The average Bonchev–Trinajstić information content (AvgIpc) is 2.94. The van der Waals surface area contributed by atoms with Crippen molar-refractivity contribution in [2.75, 3.05) is 0 Å². The van der Waals surface area contributed by atoms with E-state index in [9.17, 15) is 9.90 Å². The van der Waals surface area contributed by atoms with Crippen molar-refractivity contribution in [2.24, 2.45) is 10.1 Å². The van der Waals surface area contributed by atoms with Gasteiger partial charge in [-0.05, 0) is 43.5 Å². The van der Waals surface area contributed by atoms with Gasteiger partial charge in [-0.1, -0.05) is 19.3 Å². The van der Waals surface area contributed by atoms with Gasteiger partial charge < -0.3 is 10.2 Å². The fourth-order valence-electron chi connectivity index (χ4n) is 2.91. The van der Waals surface area contributed by atoms with Crippen molar-refractivity contribution in [1.82, 2.24) is 4.68 Å². The first kappa shape index (κ1) is 20.2. The van der Waals surface area contributed by atoms with Crippen LogP contribution in [0.15, 0.2) is 33.7 Å². The highest BCUT2D eigenvalue weighted by atomic mass is 35.5. The van der Waals surface area contributed by atoms with E-state index in [1.807, 2.05) is 12.3 Å². The van der Waals surface area contributed by atoms with Crippen molar-refractivity contribution in [3.8, 4) is 5.75 Å². The molecule has 3 rings (SSSR count). The summed E-state index contributed by atoms with van der Waals surface area (Å²) in [5.41, 5.74) is 1.45. The summed E-state index contributed by atoms with van der Waals surface area (Å²) in [4.78, 5) is 16.8. The van der Waals surface area contributed by atoms with Crippen molar-refractivity contribution < 1.29 is 15.0 Å². The molecule has 1 aliphatic carbocycles. The van der Waals surface area contributed by atoms with Crippen LogP contribution in [-0.4, -0.2) is 33.1 Å². The number of carboxylic acid groups (broad SMARTS) is 1. The number of aryl methyl sites for hydroxylation is 1. The Morgan fingerprint density at radius 1 is 1.31 bits per heavy atom. The number of hydrogen-bond acceptors (Lipinski definition) is 5. The second-order valence-corrected chi connectivity index (χ2v) is 7.06. The van der Waals surface area contributed by atoms with Crippen LogP contribution in [-0.2, 0) is 0 Å². The van der Waals surface area contributed by atoms with Gasteiger partial charge in [0.25, 0.3) is 0 Å². The number of carboxylic acids is 1. The highest BCUT2D eigenvalue weighted by molar-refractivity contribution is 7.07. The van der Waals surface area contributed by atoms with E-state index in [4.69, 9.17) is 10.1 Å². The van der Waals surface area contributed by atoms with Gasteiger partial charge in [0.15, 0.2) is 0 Å². The molecule has 0 aliphatic heterocycles. The summed E-state index contributed by atoms with van der Waals surface area (Å²) in [5, 5.41) is 25.2. The van der Waals surface area contributed by atoms with Gasteiger partial charge in [0.2, 0.25) is 4.80 Å². The molecule has 0 saturated heterocycles. The van der Waals surface area contributed by atoms with E-state index in [0.717, 1.165) is 23.3 Å². The van der Waals surface area contributed by atoms with Gasteiger partial charge >= 0.3 is 5.97 Å². The SMILES string of the molecule is Cc1csc(=NC2CCCCC2)n1/N=C/c1ccc(O)c(C(=O)O)c1.Cl. The fraction of sp³-hybridized carbons (Fsp3) is 0.389. The van der Waals surface area contributed by atoms with Gasteiger partial charge in [-0.3, -0.25) is 4.99 Å². The molecule has 0 bridgehead atoms. The van der Waals surface area contributed by atoms with E-state index in [2.05, 4.69) is 5.10 Å². The second-order valence-electron chi connectivity index (χ2n) is 6.22. The third-order valence-electron chi connectivity index (χ3n) is 4.29. The summed E-state index contributed by atoms with van der Waals surface area (Å²) in [6.07, 6.45) is 7.59. The van der Waals surface area contributed by atoms with E-state index in [1.54, 1.807) is 28.3 Å². The number of phenols is 1. The van der Waals surface area contributed by atoms with Crippen molar-refractivity contribution in [3.05, 3.63) is 45.2 Å². The maximum absolute atomic E-state index is 11.1. The van der Waals surface area contributed by atoms with E-state index < -0.39 is 5.97 Å². The fourth-order valence-corrected chi connectivity index (χ4v) is 3.79. The Labute approximate surface area is 162 Å². The maximum Gasteiger partial charge on any atom is 0.339 e. The molecule has 2 N–H and O–H groups in total. The molecule has 26 heavy (non-hydrogen) atoms. The molecule has 0 spiro atoms. The number of nitrogens with zero attached hydrogens (tertiary/aromatic N) is 3. The molecule has 0 radical (unpaired) electrons. The molecule has 1 aromatic heterocycles. The molecule has 2 aromatic rings. The zero-order chi connectivity index (χ0) is 17.8. The Morgan fingerprint density at radius 2 is 2.04 bits per heavy atom. The van der Waals surface area contributed by atoms with Crippen LogP contribution in [0.2, 0.25) is 0 Å². The first-order valence-corrected chi connectivity index (χ1v) is 9.24. The topological polar surface area (TPSA) is 87.2 Å². The zero-order valence-corrected chi connectivity index (χ0v) is 16.1. The van der Waals surface area contributed by atoms with E-state index in [1.165, 1.54) is 31.4 Å². The number of aromatic hydroxyl groups is 1.